The summed E-state index contributed by atoms with van der Waals surface area (Å²) in [5, 5.41) is 4.92. The third kappa shape index (κ3) is 4.52. The molecule has 0 saturated heterocycles. The second-order valence-electron chi connectivity index (χ2n) is 7.36. The van der Waals surface area contributed by atoms with Crippen LogP contribution in [0.2, 0.25) is 5.15 Å². The van der Waals surface area contributed by atoms with E-state index in [1.165, 1.54) is 18.2 Å². The summed E-state index contributed by atoms with van der Waals surface area (Å²) in [4.78, 5) is 37.1. The minimum Gasteiger partial charge on any atom is -0.426 e. The fourth-order valence-electron chi connectivity index (χ4n) is 3.52. The predicted molar refractivity (Wildman–Crippen MR) is 127 cm³/mol. The smallest absolute Gasteiger partial charge is 0.344 e. The molecule has 5 aromatic rings. The quantitative estimate of drug-likeness (QED) is 0.162. The van der Waals surface area contributed by atoms with Crippen molar-refractivity contribution in [2.75, 3.05) is 0 Å². The standard InChI is InChI=1S/C24H13BrClNO7/c25-13-1-5-19-12(7-13)8-18(24(30)33-19)17-11-23(29)32-20-9-14(2-4-16(17)20)31-22(28)6-3-15-10-21(26)27-34-15/h1-2,4-5,7-11H,3,6H2. The van der Waals surface area contributed by atoms with Gasteiger partial charge in [-0.1, -0.05) is 32.7 Å². The van der Waals surface area contributed by atoms with Gasteiger partial charge in [0.2, 0.25) is 0 Å². The highest BCUT2D eigenvalue weighted by Gasteiger charge is 2.16. The van der Waals surface area contributed by atoms with Gasteiger partial charge in [0.25, 0.3) is 0 Å². The second-order valence-corrected chi connectivity index (χ2v) is 8.66. The Balaban J connectivity index is 1.47. The first-order valence-electron chi connectivity index (χ1n) is 9.99. The van der Waals surface area contributed by atoms with Gasteiger partial charge in [0.05, 0.1) is 12.0 Å². The largest absolute Gasteiger partial charge is 0.426 e. The van der Waals surface area contributed by atoms with E-state index < -0.39 is 17.2 Å². The van der Waals surface area contributed by atoms with Crippen molar-refractivity contribution in [1.29, 1.82) is 0 Å². The number of aromatic nitrogens is 1. The molecule has 5 rings (SSSR count). The topological polar surface area (TPSA) is 113 Å². The number of hydrogen-bond donors (Lipinski definition) is 0. The van der Waals surface area contributed by atoms with Crippen molar-refractivity contribution in [3.63, 3.8) is 0 Å². The van der Waals surface area contributed by atoms with Gasteiger partial charge in [0.15, 0.2) is 5.15 Å². The number of carbonyl (C=O) groups excluding carboxylic acids is 1. The molecular formula is C24H13BrClNO7. The predicted octanol–water partition coefficient (Wildman–Crippen LogP) is 5.51. The van der Waals surface area contributed by atoms with E-state index in [1.807, 2.05) is 0 Å². The summed E-state index contributed by atoms with van der Waals surface area (Å²) >= 11 is 9.09. The molecule has 2 aromatic carbocycles. The Morgan fingerprint density at radius 1 is 0.971 bits per heavy atom. The first-order valence-corrected chi connectivity index (χ1v) is 11.2. The molecule has 34 heavy (non-hydrogen) atoms. The summed E-state index contributed by atoms with van der Waals surface area (Å²) in [6.07, 6.45) is 0.292. The SMILES string of the molecule is O=C(CCc1cc(Cl)no1)Oc1ccc2c(-c3cc4cc(Br)ccc4oc3=O)cc(=O)oc2c1. The maximum absolute atomic E-state index is 12.7. The molecule has 10 heteroatoms. The van der Waals surface area contributed by atoms with E-state index in [1.54, 1.807) is 36.4 Å². The zero-order chi connectivity index (χ0) is 23.8. The van der Waals surface area contributed by atoms with Crippen LogP contribution in [0.5, 0.6) is 5.75 Å². The van der Waals surface area contributed by atoms with Crippen LogP contribution in [0.1, 0.15) is 12.2 Å². The highest BCUT2D eigenvalue weighted by Crippen LogP contribution is 2.30. The molecule has 0 radical (unpaired) electrons. The molecule has 0 fully saturated rings. The molecule has 0 aliphatic carbocycles. The molecule has 0 unspecified atom stereocenters. The Morgan fingerprint density at radius 2 is 1.82 bits per heavy atom. The lowest BCUT2D eigenvalue weighted by Crippen LogP contribution is -2.09. The fourth-order valence-corrected chi connectivity index (χ4v) is 4.06. The van der Waals surface area contributed by atoms with Crippen LogP contribution in [0.3, 0.4) is 0 Å². The summed E-state index contributed by atoms with van der Waals surface area (Å²) in [5.41, 5.74) is -0.123. The van der Waals surface area contributed by atoms with Crippen LogP contribution < -0.4 is 16.0 Å². The van der Waals surface area contributed by atoms with Gasteiger partial charge < -0.3 is 18.1 Å². The van der Waals surface area contributed by atoms with Gasteiger partial charge in [-0.3, -0.25) is 4.79 Å². The second kappa shape index (κ2) is 8.92. The third-order valence-corrected chi connectivity index (χ3v) is 5.71. The zero-order valence-electron chi connectivity index (χ0n) is 17.2. The number of ether oxygens (including phenoxy) is 1. The van der Waals surface area contributed by atoms with Gasteiger partial charge in [-0.05, 0) is 36.4 Å². The monoisotopic (exact) mass is 541 g/mol. The number of halogens is 2. The number of fused-ring (bicyclic) bond motifs is 2. The average Bonchev–Trinajstić information content (AvgIpc) is 3.22. The van der Waals surface area contributed by atoms with E-state index >= 15 is 0 Å². The number of carbonyl (C=O) groups is 1. The molecule has 0 bridgehead atoms. The Labute approximate surface area is 203 Å². The fraction of sp³-hybridized carbons (Fsp3) is 0.0833. The van der Waals surface area contributed by atoms with Crippen LogP contribution in [-0.2, 0) is 11.2 Å². The van der Waals surface area contributed by atoms with E-state index in [4.69, 9.17) is 29.7 Å². The Morgan fingerprint density at radius 3 is 2.62 bits per heavy atom. The van der Waals surface area contributed by atoms with Gasteiger partial charge in [-0.15, -0.1) is 0 Å². The number of aryl methyl sites for hydroxylation is 1. The lowest BCUT2D eigenvalue weighted by Gasteiger charge is -2.08. The van der Waals surface area contributed by atoms with Gasteiger partial charge in [0, 0.05) is 45.4 Å². The molecule has 3 heterocycles. The molecule has 0 atom stereocenters. The molecule has 170 valence electrons. The van der Waals surface area contributed by atoms with Gasteiger partial charge >= 0.3 is 17.2 Å². The van der Waals surface area contributed by atoms with Crippen molar-refractivity contribution in [2.45, 2.75) is 12.8 Å². The molecule has 0 spiro atoms. The van der Waals surface area contributed by atoms with E-state index in [9.17, 15) is 14.4 Å². The summed E-state index contributed by atoms with van der Waals surface area (Å²) < 4.78 is 21.9. The Kier molecular flexibility index (Phi) is 5.80. The molecule has 0 saturated carbocycles. The summed E-state index contributed by atoms with van der Waals surface area (Å²) in [5.74, 6) is 0.117. The van der Waals surface area contributed by atoms with Crippen molar-refractivity contribution >= 4 is 55.4 Å². The first-order chi connectivity index (χ1) is 16.4. The van der Waals surface area contributed by atoms with Crippen LogP contribution in [0, 0.1) is 0 Å². The molecule has 0 aliphatic rings. The maximum Gasteiger partial charge on any atom is 0.344 e. The lowest BCUT2D eigenvalue weighted by molar-refractivity contribution is -0.134. The van der Waals surface area contributed by atoms with Crippen LogP contribution in [0.15, 0.2) is 82.0 Å². The molecule has 0 amide bonds. The van der Waals surface area contributed by atoms with E-state index in [-0.39, 0.29) is 34.9 Å². The van der Waals surface area contributed by atoms with Crippen LogP contribution in [0.4, 0.5) is 0 Å². The van der Waals surface area contributed by atoms with Crippen LogP contribution in [-0.4, -0.2) is 11.1 Å². The highest BCUT2D eigenvalue weighted by molar-refractivity contribution is 9.10. The molecular weight excluding hydrogens is 530 g/mol. The van der Waals surface area contributed by atoms with E-state index in [0.717, 1.165) is 4.47 Å². The maximum atomic E-state index is 12.7. The summed E-state index contributed by atoms with van der Waals surface area (Å²) in [6, 6.07) is 14.2. The normalized spacial score (nSPS) is 11.2. The van der Waals surface area contributed by atoms with Gasteiger partial charge in [-0.25, -0.2) is 9.59 Å². The highest BCUT2D eigenvalue weighted by atomic mass is 79.9. The number of benzene rings is 2. The van der Waals surface area contributed by atoms with Crippen molar-refractivity contribution in [3.8, 4) is 16.9 Å². The average molecular weight is 543 g/mol. The number of hydrogen-bond acceptors (Lipinski definition) is 8. The van der Waals surface area contributed by atoms with Gasteiger partial charge in [0.1, 0.15) is 22.7 Å². The van der Waals surface area contributed by atoms with Crippen LogP contribution in [0.25, 0.3) is 33.1 Å². The molecule has 8 nitrogen and oxygen atoms in total. The first kappa shape index (κ1) is 22.1. The lowest BCUT2D eigenvalue weighted by atomic mass is 10.0. The summed E-state index contributed by atoms with van der Waals surface area (Å²) in [7, 11) is 0. The summed E-state index contributed by atoms with van der Waals surface area (Å²) in [6.45, 7) is 0. The number of esters is 1. The minimum atomic E-state index is -0.665. The Hall–Kier alpha value is -3.69. The molecule has 0 N–H and O–H groups in total. The van der Waals surface area contributed by atoms with Crippen LogP contribution >= 0.6 is 27.5 Å². The van der Waals surface area contributed by atoms with Gasteiger partial charge in [-0.2, -0.15) is 0 Å². The van der Waals surface area contributed by atoms with Crippen molar-refractivity contribution in [2.24, 2.45) is 0 Å². The molecule has 0 aliphatic heterocycles. The van der Waals surface area contributed by atoms with Crippen molar-refractivity contribution < 1.29 is 22.9 Å². The van der Waals surface area contributed by atoms with E-state index in [0.29, 0.717) is 27.7 Å². The van der Waals surface area contributed by atoms with Crippen molar-refractivity contribution in [3.05, 3.63) is 90.8 Å². The van der Waals surface area contributed by atoms with Crippen molar-refractivity contribution in [1.82, 2.24) is 5.16 Å². The van der Waals surface area contributed by atoms with E-state index in [2.05, 4.69) is 21.1 Å². The Bertz CT molecular complexity index is 1680. The third-order valence-electron chi connectivity index (χ3n) is 5.04. The molecule has 3 aromatic heterocycles. The number of rotatable bonds is 5. The zero-order valence-corrected chi connectivity index (χ0v) is 19.5. The number of nitrogens with zero attached hydrogens (tertiary/aromatic N) is 1. The minimum absolute atomic E-state index is 0.0290.